The number of rotatable bonds is 1. The molecule has 0 aromatic heterocycles. The van der Waals surface area contributed by atoms with Gasteiger partial charge in [-0.05, 0) is 5.56 Å². The molecule has 0 bridgehead atoms. The Labute approximate surface area is 76.8 Å². The lowest BCUT2D eigenvalue weighted by Gasteiger charge is -2.12. The fourth-order valence-electron chi connectivity index (χ4n) is 1.29. The van der Waals surface area contributed by atoms with E-state index in [2.05, 4.69) is 0 Å². The van der Waals surface area contributed by atoms with Crippen molar-refractivity contribution in [1.29, 1.82) is 0 Å². The van der Waals surface area contributed by atoms with E-state index in [1.165, 1.54) is 6.26 Å². The summed E-state index contributed by atoms with van der Waals surface area (Å²) in [7, 11) is 0. The highest BCUT2D eigenvalue weighted by Crippen LogP contribution is 2.21. The zero-order chi connectivity index (χ0) is 9.10. The average Bonchev–Trinajstić information content (AvgIpc) is 2.20. The molecule has 2 rings (SSSR count). The number of benzene rings is 1. The number of aliphatic hydroxyl groups excluding tert-OH is 1. The van der Waals surface area contributed by atoms with E-state index < -0.39 is 0 Å². The van der Waals surface area contributed by atoms with Gasteiger partial charge in [-0.1, -0.05) is 30.3 Å². The molecule has 0 fully saturated rings. The van der Waals surface area contributed by atoms with Gasteiger partial charge in [0.05, 0.1) is 6.26 Å². The van der Waals surface area contributed by atoms with Crippen LogP contribution in [0.1, 0.15) is 5.56 Å². The smallest absolute Gasteiger partial charge is 0.125 e. The quantitative estimate of drug-likeness (QED) is 0.708. The lowest BCUT2D eigenvalue weighted by molar-refractivity contribution is 0.279. The van der Waals surface area contributed by atoms with Crippen LogP contribution in [0.25, 0.3) is 5.57 Å². The molecule has 0 saturated heterocycles. The predicted molar refractivity (Wildman–Crippen MR) is 51.1 cm³/mol. The minimum absolute atomic E-state index is 0.289. The van der Waals surface area contributed by atoms with Crippen molar-refractivity contribution in [2.24, 2.45) is 0 Å². The zero-order valence-corrected chi connectivity index (χ0v) is 7.10. The van der Waals surface area contributed by atoms with Gasteiger partial charge < -0.3 is 9.84 Å². The number of allylic oxidation sites excluding steroid dienone is 1. The Morgan fingerprint density at radius 1 is 1.15 bits per heavy atom. The number of hydrogen-bond donors (Lipinski definition) is 1. The van der Waals surface area contributed by atoms with Crippen LogP contribution in [0.3, 0.4) is 0 Å². The summed E-state index contributed by atoms with van der Waals surface area (Å²) in [6.45, 7) is 0.437. The molecule has 1 aromatic rings. The van der Waals surface area contributed by atoms with Crippen molar-refractivity contribution in [3.8, 4) is 0 Å². The van der Waals surface area contributed by atoms with Crippen LogP contribution in [0.15, 0.2) is 48.4 Å². The van der Waals surface area contributed by atoms with Crippen molar-refractivity contribution in [2.75, 3.05) is 6.61 Å². The van der Waals surface area contributed by atoms with Gasteiger partial charge in [0, 0.05) is 11.6 Å². The third-order valence-electron chi connectivity index (χ3n) is 1.98. The molecule has 1 aliphatic heterocycles. The molecule has 1 aliphatic rings. The van der Waals surface area contributed by atoms with E-state index in [1.807, 2.05) is 30.3 Å². The van der Waals surface area contributed by atoms with Crippen molar-refractivity contribution in [1.82, 2.24) is 0 Å². The highest BCUT2D eigenvalue weighted by molar-refractivity contribution is 5.70. The monoisotopic (exact) mass is 174 g/mol. The van der Waals surface area contributed by atoms with E-state index in [4.69, 9.17) is 4.74 Å². The van der Waals surface area contributed by atoms with Crippen molar-refractivity contribution in [3.05, 3.63) is 54.0 Å². The maximum absolute atomic E-state index is 9.54. The van der Waals surface area contributed by atoms with Gasteiger partial charge in [0.2, 0.25) is 0 Å². The Bertz CT molecular complexity index is 350. The Morgan fingerprint density at radius 2 is 1.92 bits per heavy atom. The Kier molecular flexibility index (Phi) is 2.04. The molecule has 0 spiro atoms. The first kappa shape index (κ1) is 7.92. The molecule has 0 atom stereocenters. The van der Waals surface area contributed by atoms with Gasteiger partial charge in [-0.25, -0.2) is 0 Å². The van der Waals surface area contributed by atoms with Gasteiger partial charge in [0.1, 0.15) is 12.4 Å². The van der Waals surface area contributed by atoms with E-state index in [0.29, 0.717) is 6.61 Å². The minimum atomic E-state index is 0.289. The third kappa shape index (κ3) is 1.56. The van der Waals surface area contributed by atoms with Crippen molar-refractivity contribution >= 4 is 5.57 Å². The summed E-state index contributed by atoms with van der Waals surface area (Å²) in [5.74, 6) is 0.289. The van der Waals surface area contributed by atoms with Crippen LogP contribution in [-0.2, 0) is 4.74 Å². The molecule has 66 valence electrons. The Hall–Kier alpha value is -1.70. The molecule has 1 aromatic carbocycles. The summed E-state index contributed by atoms with van der Waals surface area (Å²) in [5.41, 5.74) is 1.84. The Balaban J connectivity index is 2.41. The van der Waals surface area contributed by atoms with Crippen LogP contribution < -0.4 is 0 Å². The summed E-state index contributed by atoms with van der Waals surface area (Å²) < 4.78 is 5.11. The first-order chi connectivity index (χ1) is 6.38. The largest absolute Gasteiger partial charge is 0.507 e. The first-order valence-electron chi connectivity index (χ1n) is 4.13. The lowest BCUT2D eigenvalue weighted by Crippen LogP contribution is -2.01. The van der Waals surface area contributed by atoms with E-state index in [1.54, 1.807) is 6.08 Å². The zero-order valence-electron chi connectivity index (χ0n) is 7.10. The van der Waals surface area contributed by atoms with Gasteiger partial charge in [0.15, 0.2) is 0 Å². The van der Waals surface area contributed by atoms with Gasteiger partial charge >= 0.3 is 0 Å². The fourth-order valence-corrected chi connectivity index (χ4v) is 1.29. The molecule has 0 unspecified atom stereocenters. The molecule has 1 N–H and O–H groups in total. The summed E-state index contributed by atoms with van der Waals surface area (Å²) in [5, 5.41) is 9.54. The molecule has 2 nitrogen and oxygen atoms in total. The second-order valence-electron chi connectivity index (χ2n) is 2.84. The second kappa shape index (κ2) is 3.35. The Morgan fingerprint density at radius 3 is 2.62 bits per heavy atom. The molecule has 1 heterocycles. The van der Waals surface area contributed by atoms with Crippen LogP contribution in [0.5, 0.6) is 0 Å². The highest BCUT2D eigenvalue weighted by atomic mass is 16.5. The summed E-state index contributed by atoms with van der Waals surface area (Å²) >= 11 is 0. The fraction of sp³-hybridized carbons (Fsp3) is 0.0909. The van der Waals surface area contributed by atoms with E-state index >= 15 is 0 Å². The third-order valence-corrected chi connectivity index (χ3v) is 1.98. The molecular weight excluding hydrogens is 164 g/mol. The standard InChI is InChI=1S/C11H10O2/c12-11-6-7-13-8-10(11)9-4-2-1-3-5-9/h1-7,12H,8H2. The lowest BCUT2D eigenvalue weighted by atomic mass is 10.0. The van der Waals surface area contributed by atoms with E-state index in [0.717, 1.165) is 11.1 Å². The SMILES string of the molecule is OC1=C(c2ccccc2)COC=C1. The van der Waals surface area contributed by atoms with Gasteiger partial charge in [-0.3, -0.25) is 0 Å². The van der Waals surface area contributed by atoms with Gasteiger partial charge in [-0.2, -0.15) is 0 Å². The van der Waals surface area contributed by atoms with Crippen LogP contribution in [-0.4, -0.2) is 11.7 Å². The van der Waals surface area contributed by atoms with Crippen molar-refractivity contribution in [2.45, 2.75) is 0 Å². The summed E-state index contributed by atoms with van der Waals surface area (Å²) in [6, 6.07) is 9.73. The number of ether oxygens (including phenoxy) is 1. The van der Waals surface area contributed by atoms with Crippen LogP contribution in [0, 0.1) is 0 Å². The summed E-state index contributed by atoms with van der Waals surface area (Å²) in [6.07, 6.45) is 3.06. The number of aliphatic hydroxyl groups is 1. The topological polar surface area (TPSA) is 29.5 Å². The molecule has 13 heavy (non-hydrogen) atoms. The van der Waals surface area contributed by atoms with E-state index in [9.17, 15) is 5.11 Å². The van der Waals surface area contributed by atoms with Crippen LogP contribution in [0.4, 0.5) is 0 Å². The van der Waals surface area contributed by atoms with E-state index in [-0.39, 0.29) is 5.76 Å². The van der Waals surface area contributed by atoms with Crippen molar-refractivity contribution in [3.63, 3.8) is 0 Å². The molecule has 0 saturated carbocycles. The maximum atomic E-state index is 9.54. The van der Waals surface area contributed by atoms with Gasteiger partial charge in [-0.15, -0.1) is 0 Å². The molecule has 2 heteroatoms. The normalized spacial score (nSPS) is 15.7. The average molecular weight is 174 g/mol. The maximum Gasteiger partial charge on any atom is 0.125 e. The first-order valence-corrected chi connectivity index (χ1v) is 4.13. The summed E-state index contributed by atoms with van der Waals surface area (Å²) in [4.78, 5) is 0. The van der Waals surface area contributed by atoms with Crippen molar-refractivity contribution < 1.29 is 9.84 Å². The number of hydrogen-bond acceptors (Lipinski definition) is 2. The molecule has 0 amide bonds. The highest BCUT2D eigenvalue weighted by Gasteiger charge is 2.09. The second-order valence-corrected chi connectivity index (χ2v) is 2.84. The van der Waals surface area contributed by atoms with Gasteiger partial charge in [0.25, 0.3) is 0 Å². The molecule has 0 aliphatic carbocycles. The molecular formula is C11H10O2. The predicted octanol–water partition coefficient (Wildman–Crippen LogP) is 2.50. The van der Waals surface area contributed by atoms with Crippen LogP contribution in [0.2, 0.25) is 0 Å². The minimum Gasteiger partial charge on any atom is -0.507 e. The van der Waals surface area contributed by atoms with Crippen LogP contribution >= 0.6 is 0 Å². The molecule has 0 radical (unpaired) electrons.